The molecular formula is C11H13ClOS. The number of carbonyl (C=O) groups is 1. The van der Waals surface area contributed by atoms with Gasteiger partial charge in [0.25, 0.3) is 0 Å². The average molecular weight is 229 g/mol. The fourth-order valence-electron chi connectivity index (χ4n) is 1.24. The smallest absolute Gasteiger partial charge is 0.185 e. The Morgan fingerprint density at radius 1 is 1.21 bits per heavy atom. The topological polar surface area (TPSA) is 17.1 Å². The Balaban J connectivity index is 2.40. The SMILES string of the molecule is O=C(S)CCCc1ccc(CCl)cc1. The predicted molar refractivity (Wildman–Crippen MR) is 62.9 cm³/mol. The van der Waals surface area contributed by atoms with E-state index < -0.39 is 0 Å². The fourth-order valence-corrected chi connectivity index (χ4v) is 1.58. The van der Waals surface area contributed by atoms with Gasteiger partial charge in [-0.15, -0.1) is 24.2 Å². The molecule has 0 saturated carbocycles. The largest absolute Gasteiger partial charge is 0.288 e. The van der Waals surface area contributed by atoms with E-state index in [2.05, 4.69) is 24.8 Å². The molecule has 14 heavy (non-hydrogen) atoms. The third-order valence-electron chi connectivity index (χ3n) is 2.03. The summed E-state index contributed by atoms with van der Waals surface area (Å²) in [7, 11) is 0. The van der Waals surface area contributed by atoms with E-state index in [1.165, 1.54) is 5.56 Å². The Bertz CT molecular complexity index is 295. The average Bonchev–Trinajstić information content (AvgIpc) is 2.18. The molecule has 1 nitrogen and oxygen atoms in total. The van der Waals surface area contributed by atoms with Crippen LogP contribution in [0.4, 0.5) is 0 Å². The van der Waals surface area contributed by atoms with Gasteiger partial charge in [-0.3, -0.25) is 4.79 Å². The minimum absolute atomic E-state index is 0.0395. The van der Waals surface area contributed by atoms with Crippen LogP contribution in [0.1, 0.15) is 24.0 Å². The summed E-state index contributed by atoms with van der Waals surface area (Å²) in [5, 5.41) is -0.0395. The van der Waals surface area contributed by atoms with Gasteiger partial charge < -0.3 is 0 Å². The standard InChI is InChI=1S/C11H13ClOS/c12-8-10-6-4-9(5-7-10)2-1-3-11(13)14/h4-7H,1-3,8H2,(H,13,14). The molecule has 0 saturated heterocycles. The van der Waals surface area contributed by atoms with E-state index >= 15 is 0 Å². The molecule has 0 fully saturated rings. The molecule has 0 radical (unpaired) electrons. The summed E-state index contributed by atoms with van der Waals surface area (Å²) in [6, 6.07) is 8.15. The van der Waals surface area contributed by atoms with Gasteiger partial charge in [-0.1, -0.05) is 24.3 Å². The van der Waals surface area contributed by atoms with Crippen molar-refractivity contribution < 1.29 is 4.79 Å². The number of rotatable bonds is 5. The molecule has 0 bridgehead atoms. The third-order valence-corrected chi connectivity index (χ3v) is 2.57. The van der Waals surface area contributed by atoms with Crippen LogP contribution in [-0.2, 0) is 17.1 Å². The molecule has 0 heterocycles. The van der Waals surface area contributed by atoms with Crippen LogP contribution in [0.3, 0.4) is 0 Å². The monoisotopic (exact) mass is 228 g/mol. The number of alkyl halides is 1. The summed E-state index contributed by atoms with van der Waals surface area (Å²) >= 11 is 9.39. The first-order valence-electron chi connectivity index (χ1n) is 4.58. The molecular weight excluding hydrogens is 216 g/mol. The van der Waals surface area contributed by atoms with Gasteiger partial charge in [0.15, 0.2) is 5.12 Å². The lowest BCUT2D eigenvalue weighted by Gasteiger charge is -2.00. The summed E-state index contributed by atoms with van der Waals surface area (Å²) in [4.78, 5) is 10.6. The second-order valence-electron chi connectivity index (χ2n) is 3.20. The van der Waals surface area contributed by atoms with Crippen LogP contribution in [0.2, 0.25) is 0 Å². The van der Waals surface area contributed by atoms with Crippen LogP contribution < -0.4 is 0 Å². The highest BCUT2D eigenvalue weighted by Crippen LogP contribution is 2.10. The van der Waals surface area contributed by atoms with Gasteiger partial charge in [0, 0.05) is 12.3 Å². The van der Waals surface area contributed by atoms with Crippen molar-refractivity contribution in [1.29, 1.82) is 0 Å². The molecule has 1 rings (SSSR count). The maximum atomic E-state index is 10.6. The maximum Gasteiger partial charge on any atom is 0.185 e. The van der Waals surface area contributed by atoms with E-state index in [1.54, 1.807) is 0 Å². The summed E-state index contributed by atoms with van der Waals surface area (Å²) in [5.74, 6) is 0.551. The Morgan fingerprint density at radius 2 is 1.79 bits per heavy atom. The Kier molecular flexibility index (Phi) is 5.05. The number of halogens is 1. The van der Waals surface area contributed by atoms with Gasteiger partial charge in [-0.2, -0.15) is 0 Å². The Morgan fingerprint density at radius 3 is 2.29 bits per heavy atom. The number of hydrogen-bond donors (Lipinski definition) is 1. The molecule has 3 heteroatoms. The molecule has 0 aliphatic carbocycles. The number of thiol groups is 1. The van der Waals surface area contributed by atoms with E-state index in [1.807, 2.05) is 12.1 Å². The van der Waals surface area contributed by atoms with Gasteiger partial charge >= 0.3 is 0 Å². The first kappa shape index (κ1) is 11.6. The fraction of sp³-hybridized carbons (Fsp3) is 0.364. The van der Waals surface area contributed by atoms with E-state index in [0.717, 1.165) is 18.4 Å². The highest BCUT2D eigenvalue weighted by atomic mass is 35.5. The van der Waals surface area contributed by atoms with E-state index in [-0.39, 0.29) is 5.12 Å². The van der Waals surface area contributed by atoms with E-state index in [9.17, 15) is 4.79 Å². The van der Waals surface area contributed by atoms with Crippen LogP contribution in [0, 0.1) is 0 Å². The van der Waals surface area contributed by atoms with Crippen LogP contribution in [0.5, 0.6) is 0 Å². The molecule has 0 atom stereocenters. The summed E-state index contributed by atoms with van der Waals surface area (Å²) in [5.41, 5.74) is 2.37. The van der Waals surface area contributed by atoms with Crippen molar-refractivity contribution in [2.75, 3.05) is 0 Å². The molecule has 1 aromatic rings. The Labute approximate surface area is 94.9 Å². The molecule has 0 aliphatic rings. The highest BCUT2D eigenvalue weighted by Gasteiger charge is 1.97. The molecule has 0 unspecified atom stereocenters. The van der Waals surface area contributed by atoms with Crippen LogP contribution in [0.25, 0.3) is 0 Å². The molecule has 1 aromatic carbocycles. The molecule has 0 N–H and O–H groups in total. The van der Waals surface area contributed by atoms with Gasteiger partial charge in [-0.05, 0) is 24.0 Å². The van der Waals surface area contributed by atoms with Gasteiger partial charge in [0.2, 0.25) is 0 Å². The van der Waals surface area contributed by atoms with Gasteiger partial charge in [-0.25, -0.2) is 0 Å². The number of carbonyl (C=O) groups excluding carboxylic acids is 1. The van der Waals surface area contributed by atoms with Crippen LogP contribution in [0.15, 0.2) is 24.3 Å². The molecule has 0 aliphatic heterocycles. The number of hydrogen-bond acceptors (Lipinski definition) is 1. The summed E-state index contributed by atoms with van der Waals surface area (Å²) < 4.78 is 0. The molecule has 0 amide bonds. The normalized spacial score (nSPS) is 10.1. The van der Waals surface area contributed by atoms with Crippen molar-refractivity contribution in [3.8, 4) is 0 Å². The van der Waals surface area contributed by atoms with Crippen molar-refractivity contribution in [3.63, 3.8) is 0 Å². The Hall–Kier alpha value is -0.470. The molecule has 0 spiro atoms. The minimum Gasteiger partial charge on any atom is -0.288 e. The summed E-state index contributed by atoms with van der Waals surface area (Å²) in [6.45, 7) is 0. The van der Waals surface area contributed by atoms with Crippen molar-refractivity contribution in [2.24, 2.45) is 0 Å². The van der Waals surface area contributed by atoms with Crippen LogP contribution in [-0.4, -0.2) is 5.12 Å². The highest BCUT2D eigenvalue weighted by molar-refractivity contribution is 7.96. The quantitative estimate of drug-likeness (QED) is 0.605. The van der Waals surface area contributed by atoms with Gasteiger partial charge in [0.05, 0.1) is 0 Å². The predicted octanol–water partition coefficient (Wildman–Crippen LogP) is 3.20. The molecule has 0 aromatic heterocycles. The maximum absolute atomic E-state index is 10.6. The van der Waals surface area contributed by atoms with Gasteiger partial charge in [0.1, 0.15) is 0 Å². The zero-order valence-corrected chi connectivity index (χ0v) is 9.52. The van der Waals surface area contributed by atoms with Crippen molar-refractivity contribution in [3.05, 3.63) is 35.4 Å². The lowest BCUT2D eigenvalue weighted by atomic mass is 10.1. The lowest BCUT2D eigenvalue weighted by molar-refractivity contribution is -0.110. The van der Waals surface area contributed by atoms with E-state index in [0.29, 0.717) is 12.3 Å². The zero-order valence-electron chi connectivity index (χ0n) is 7.87. The first-order chi connectivity index (χ1) is 6.72. The van der Waals surface area contributed by atoms with Crippen molar-refractivity contribution >= 4 is 29.3 Å². The lowest BCUT2D eigenvalue weighted by Crippen LogP contribution is -1.90. The third kappa shape index (κ3) is 4.16. The first-order valence-corrected chi connectivity index (χ1v) is 5.56. The number of aryl methyl sites for hydroxylation is 1. The van der Waals surface area contributed by atoms with Crippen LogP contribution >= 0.6 is 24.2 Å². The summed E-state index contributed by atoms with van der Waals surface area (Å²) in [6.07, 6.45) is 2.33. The van der Waals surface area contributed by atoms with Crippen molar-refractivity contribution in [2.45, 2.75) is 25.1 Å². The van der Waals surface area contributed by atoms with E-state index in [4.69, 9.17) is 11.6 Å². The second kappa shape index (κ2) is 6.10. The number of benzene rings is 1. The van der Waals surface area contributed by atoms with Crippen molar-refractivity contribution in [1.82, 2.24) is 0 Å². The zero-order chi connectivity index (χ0) is 10.4. The minimum atomic E-state index is -0.0395. The molecule has 76 valence electrons. The second-order valence-corrected chi connectivity index (χ2v) is 3.96.